The zero-order chi connectivity index (χ0) is 21.0. The fourth-order valence-electron chi connectivity index (χ4n) is 2.72. The van der Waals surface area contributed by atoms with Gasteiger partial charge in [-0.15, -0.1) is 0 Å². The van der Waals surface area contributed by atoms with Crippen molar-refractivity contribution in [3.63, 3.8) is 0 Å². The molecule has 0 bridgehead atoms. The topological polar surface area (TPSA) is 68.5 Å². The number of carbonyl (C=O) groups is 1. The molecular weight excluding hydrogens is 388 g/mol. The van der Waals surface area contributed by atoms with Gasteiger partial charge in [0.2, 0.25) is 0 Å². The first-order valence-corrected chi connectivity index (χ1v) is 9.57. The number of hydrogen-bond donors (Lipinski definition) is 1. The fourth-order valence-corrected chi connectivity index (χ4v) is 3.04. The predicted molar refractivity (Wildman–Crippen MR) is 115 cm³/mol. The number of rotatable bonds is 6. The zero-order valence-corrected chi connectivity index (χ0v) is 17.6. The van der Waals surface area contributed by atoms with Gasteiger partial charge in [-0.05, 0) is 57.0 Å². The molecule has 150 valence electrons. The van der Waals surface area contributed by atoms with Crippen molar-refractivity contribution < 1.29 is 9.53 Å². The van der Waals surface area contributed by atoms with Crippen molar-refractivity contribution in [3.8, 4) is 11.4 Å². The molecule has 1 N–H and O–H groups in total. The van der Waals surface area contributed by atoms with Crippen LogP contribution in [0.4, 0.5) is 0 Å². The number of ether oxygens (including phenoxy) is 1. The number of halogens is 1. The average Bonchev–Trinajstić information content (AvgIpc) is 2.97. The van der Waals surface area contributed by atoms with Crippen molar-refractivity contribution in [3.05, 3.63) is 75.6 Å². The first kappa shape index (κ1) is 20.6. The van der Waals surface area contributed by atoms with Crippen LogP contribution in [-0.4, -0.2) is 28.5 Å². The molecule has 0 spiro atoms. The molecule has 0 fully saturated rings. The van der Waals surface area contributed by atoms with Crippen molar-refractivity contribution in [2.75, 3.05) is 6.61 Å². The van der Waals surface area contributed by atoms with Gasteiger partial charge >= 0.3 is 0 Å². The molecule has 29 heavy (non-hydrogen) atoms. The number of amides is 1. The average molecular weight is 411 g/mol. The fraction of sp³-hybridized carbons (Fsp3) is 0.227. The molecule has 0 atom stereocenters. The van der Waals surface area contributed by atoms with Gasteiger partial charge in [0.05, 0.1) is 23.2 Å². The molecule has 3 rings (SSSR count). The lowest BCUT2D eigenvalue weighted by Gasteiger charge is -2.08. The SMILES string of the molecule is Cc1ccc(-n2nc(C)c(/C=N/NC(=O)COc3cc(C)ccc3C)c2Cl)cc1. The molecule has 0 unspecified atom stereocenters. The summed E-state index contributed by atoms with van der Waals surface area (Å²) in [4.78, 5) is 12.0. The van der Waals surface area contributed by atoms with Crippen LogP contribution in [0, 0.1) is 27.7 Å². The van der Waals surface area contributed by atoms with E-state index in [1.54, 1.807) is 4.68 Å². The van der Waals surface area contributed by atoms with Gasteiger partial charge in [0.1, 0.15) is 10.9 Å². The highest BCUT2D eigenvalue weighted by Gasteiger charge is 2.13. The number of hydrazone groups is 1. The van der Waals surface area contributed by atoms with E-state index in [1.165, 1.54) is 6.21 Å². The minimum Gasteiger partial charge on any atom is -0.483 e. The summed E-state index contributed by atoms with van der Waals surface area (Å²) in [5.41, 5.74) is 7.86. The highest BCUT2D eigenvalue weighted by molar-refractivity contribution is 6.32. The van der Waals surface area contributed by atoms with Crippen LogP contribution in [0.15, 0.2) is 47.6 Å². The normalized spacial score (nSPS) is 11.1. The Morgan fingerprint density at radius 3 is 2.55 bits per heavy atom. The van der Waals surface area contributed by atoms with Crippen molar-refractivity contribution in [1.29, 1.82) is 0 Å². The van der Waals surface area contributed by atoms with E-state index < -0.39 is 0 Å². The molecule has 6 nitrogen and oxygen atoms in total. The van der Waals surface area contributed by atoms with Crippen molar-refractivity contribution in [1.82, 2.24) is 15.2 Å². The maximum atomic E-state index is 12.0. The van der Waals surface area contributed by atoms with Gasteiger partial charge in [-0.3, -0.25) is 4.79 Å². The number of nitrogens with zero attached hydrogens (tertiary/aromatic N) is 3. The zero-order valence-electron chi connectivity index (χ0n) is 16.9. The summed E-state index contributed by atoms with van der Waals surface area (Å²) in [5.74, 6) is 0.323. The van der Waals surface area contributed by atoms with Crippen LogP contribution < -0.4 is 10.2 Å². The maximum Gasteiger partial charge on any atom is 0.277 e. The number of aryl methyl sites for hydroxylation is 4. The quantitative estimate of drug-likeness (QED) is 0.487. The van der Waals surface area contributed by atoms with Gasteiger partial charge in [-0.25, -0.2) is 10.1 Å². The number of nitrogens with one attached hydrogen (secondary N) is 1. The van der Waals surface area contributed by atoms with Crippen LogP contribution in [0.5, 0.6) is 5.75 Å². The minimum atomic E-state index is -0.359. The molecule has 3 aromatic rings. The molecule has 1 heterocycles. The number of aromatic nitrogens is 2. The second kappa shape index (κ2) is 8.92. The number of benzene rings is 2. The van der Waals surface area contributed by atoms with E-state index in [0.29, 0.717) is 22.2 Å². The molecular formula is C22H23ClN4O2. The van der Waals surface area contributed by atoms with Gasteiger partial charge in [0.25, 0.3) is 5.91 Å². The molecule has 7 heteroatoms. The molecule has 0 aliphatic rings. The Bertz CT molecular complexity index is 1060. The van der Waals surface area contributed by atoms with E-state index >= 15 is 0 Å². The second-order valence-corrected chi connectivity index (χ2v) is 7.25. The van der Waals surface area contributed by atoms with Gasteiger partial charge in [-0.1, -0.05) is 41.4 Å². The van der Waals surface area contributed by atoms with Crippen molar-refractivity contribution in [2.24, 2.45) is 5.10 Å². The smallest absolute Gasteiger partial charge is 0.277 e. The molecule has 2 aromatic carbocycles. The van der Waals surface area contributed by atoms with E-state index in [9.17, 15) is 4.79 Å². The Morgan fingerprint density at radius 1 is 1.14 bits per heavy atom. The van der Waals surface area contributed by atoms with Gasteiger partial charge in [0, 0.05) is 0 Å². The largest absolute Gasteiger partial charge is 0.483 e. The summed E-state index contributed by atoms with van der Waals surface area (Å²) < 4.78 is 7.21. The molecule has 0 saturated carbocycles. The van der Waals surface area contributed by atoms with E-state index in [2.05, 4.69) is 15.6 Å². The standard InChI is InChI=1S/C22H23ClN4O2/c1-14-6-9-18(10-7-14)27-22(23)19(17(4)26-27)12-24-25-21(28)13-29-20-11-15(2)5-8-16(20)3/h5-12H,13H2,1-4H3,(H,25,28)/b24-12+. The van der Waals surface area contributed by atoms with E-state index in [0.717, 1.165) is 22.4 Å². The molecule has 1 amide bonds. The van der Waals surface area contributed by atoms with E-state index in [-0.39, 0.29) is 12.5 Å². The van der Waals surface area contributed by atoms with Crippen LogP contribution >= 0.6 is 11.6 Å². The Hall–Kier alpha value is -3.12. The minimum absolute atomic E-state index is 0.128. The third-order valence-electron chi connectivity index (χ3n) is 4.41. The van der Waals surface area contributed by atoms with Crippen molar-refractivity contribution >= 4 is 23.7 Å². The highest BCUT2D eigenvalue weighted by atomic mass is 35.5. The van der Waals surface area contributed by atoms with Crippen LogP contribution in [0.3, 0.4) is 0 Å². The lowest BCUT2D eigenvalue weighted by Crippen LogP contribution is -2.24. The third-order valence-corrected chi connectivity index (χ3v) is 4.78. The summed E-state index contributed by atoms with van der Waals surface area (Å²) in [7, 11) is 0. The predicted octanol–water partition coefficient (Wildman–Crippen LogP) is 4.29. The maximum absolute atomic E-state index is 12.0. The summed E-state index contributed by atoms with van der Waals surface area (Å²) in [6.07, 6.45) is 1.49. The van der Waals surface area contributed by atoms with E-state index in [4.69, 9.17) is 16.3 Å². The monoisotopic (exact) mass is 410 g/mol. The number of carbonyl (C=O) groups excluding carboxylic acids is 1. The molecule has 1 aromatic heterocycles. The third kappa shape index (κ3) is 5.03. The van der Waals surface area contributed by atoms with Gasteiger partial charge in [-0.2, -0.15) is 10.2 Å². The second-order valence-electron chi connectivity index (χ2n) is 6.89. The summed E-state index contributed by atoms with van der Waals surface area (Å²) in [6, 6.07) is 13.7. The van der Waals surface area contributed by atoms with Gasteiger partial charge in [0.15, 0.2) is 6.61 Å². The molecule has 0 saturated heterocycles. The highest BCUT2D eigenvalue weighted by Crippen LogP contribution is 2.22. The molecule has 0 aliphatic heterocycles. The van der Waals surface area contributed by atoms with Crippen LogP contribution in [0.1, 0.15) is 27.9 Å². The van der Waals surface area contributed by atoms with Crippen LogP contribution in [0.2, 0.25) is 5.15 Å². The summed E-state index contributed by atoms with van der Waals surface area (Å²) in [5, 5.41) is 8.88. The summed E-state index contributed by atoms with van der Waals surface area (Å²) >= 11 is 6.46. The van der Waals surface area contributed by atoms with Crippen LogP contribution in [-0.2, 0) is 4.79 Å². The van der Waals surface area contributed by atoms with E-state index in [1.807, 2.05) is 70.2 Å². The Kier molecular flexibility index (Phi) is 6.34. The number of hydrogen-bond acceptors (Lipinski definition) is 4. The lowest BCUT2D eigenvalue weighted by atomic mass is 10.1. The molecule has 0 aliphatic carbocycles. The summed E-state index contributed by atoms with van der Waals surface area (Å²) in [6.45, 7) is 7.63. The van der Waals surface area contributed by atoms with Gasteiger partial charge < -0.3 is 4.74 Å². The first-order chi connectivity index (χ1) is 13.8. The Balaban J connectivity index is 1.63. The lowest BCUT2D eigenvalue weighted by molar-refractivity contribution is -0.123. The van der Waals surface area contributed by atoms with Crippen molar-refractivity contribution in [2.45, 2.75) is 27.7 Å². The first-order valence-electron chi connectivity index (χ1n) is 9.19. The Morgan fingerprint density at radius 2 is 1.83 bits per heavy atom. The van der Waals surface area contributed by atoms with Crippen LogP contribution in [0.25, 0.3) is 5.69 Å². The molecule has 0 radical (unpaired) electrons. The Labute approximate surface area is 175 Å².